The van der Waals surface area contributed by atoms with Crippen molar-refractivity contribution in [1.82, 2.24) is 15.1 Å². The van der Waals surface area contributed by atoms with Crippen LogP contribution in [0.5, 0.6) is 0 Å². The molecule has 2 aliphatic heterocycles. The monoisotopic (exact) mass is 557 g/mol. The van der Waals surface area contributed by atoms with E-state index in [9.17, 15) is 32.7 Å². The SMILES string of the molecule is O=C(CC1CCN(C(C(=O)O)C2CCN(C(=O)C=Cc3cc(F)c(F)c(F)c3)CC2)CC1)NCc1ccccc1. The van der Waals surface area contributed by atoms with Gasteiger partial charge in [0.15, 0.2) is 17.5 Å². The molecular formula is C30H34F3N3O4. The van der Waals surface area contributed by atoms with Gasteiger partial charge in [0, 0.05) is 32.1 Å². The van der Waals surface area contributed by atoms with E-state index in [1.165, 1.54) is 12.2 Å². The van der Waals surface area contributed by atoms with Crippen molar-refractivity contribution in [2.24, 2.45) is 11.8 Å². The van der Waals surface area contributed by atoms with Gasteiger partial charge in [0.05, 0.1) is 0 Å². The molecule has 2 saturated heterocycles. The number of hydrogen-bond donors (Lipinski definition) is 2. The lowest BCUT2D eigenvalue weighted by Gasteiger charge is -2.41. The Labute approximate surface area is 231 Å². The van der Waals surface area contributed by atoms with E-state index in [4.69, 9.17) is 0 Å². The molecule has 214 valence electrons. The number of nitrogens with one attached hydrogen (secondary N) is 1. The summed E-state index contributed by atoms with van der Waals surface area (Å²) in [7, 11) is 0. The Kier molecular flexibility index (Phi) is 9.98. The zero-order chi connectivity index (χ0) is 28.6. The minimum atomic E-state index is -1.56. The smallest absolute Gasteiger partial charge is 0.321 e. The Balaban J connectivity index is 1.23. The number of nitrogens with zero attached hydrogens (tertiary/aromatic N) is 2. The van der Waals surface area contributed by atoms with Gasteiger partial charge in [0.1, 0.15) is 6.04 Å². The lowest BCUT2D eigenvalue weighted by molar-refractivity contribution is -0.147. The van der Waals surface area contributed by atoms with Crippen molar-refractivity contribution in [3.8, 4) is 0 Å². The van der Waals surface area contributed by atoms with E-state index >= 15 is 0 Å². The number of likely N-dealkylation sites (tertiary alicyclic amines) is 2. The first kappa shape index (κ1) is 29.3. The number of piperidine rings is 2. The maximum Gasteiger partial charge on any atom is 0.321 e. The van der Waals surface area contributed by atoms with E-state index in [0.29, 0.717) is 52.0 Å². The van der Waals surface area contributed by atoms with Crippen LogP contribution in [0.15, 0.2) is 48.5 Å². The predicted molar refractivity (Wildman–Crippen MR) is 143 cm³/mol. The van der Waals surface area contributed by atoms with Crippen LogP contribution in [0, 0.1) is 29.3 Å². The summed E-state index contributed by atoms with van der Waals surface area (Å²) < 4.78 is 40.0. The van der Waals surface area contributed by atoms with Crippen molar-refractivity contribution in [2.45, 2.75) is 44.7 Å². The fourth-order valence-corrected chi connectivity index (χ4v) is 5.60. The van der Waals surface area contributed by atoms with Gasteiger partial charge in [0.2, 0.25) is 11.8 Å². The first-order valence-corrected chi connectivity index (χ1v) is 13.6. The number of aliphatic carboxylic acids is 1. The number of carbonyl (C=O) groups is 3. The summed E-state index contributed by atoms with van der Waals surface area (Å²) in [5.41, 5.74) is 1.07. The standard InChI is InChI=1S/C30H34F3N3O4/c31-24-16-22(17-25(32)28(24)33)6-7-27(38)35-14-10-23(11-15-35)29(30(39)40)36-12-8-20(9-13-36)18-26(37)34-19-21-4-2-1-3-5-21/h1-7,16-17,20,23,29H,8-15,18-19H2,(H,34,37)(H,39,40). The third-order valence-electron chi connectivity index (χ3n) is 7.82. The van der Waals surface area contributed by atoms with Crippen molar-refractivity contribution in [3.63, 3.8) is 0 Å². The Morgan fingerprint density at radius 1 is 0.950 bits per heavy atom. The van der Waals surface area contributed by atoms with Crippen molar-refractivity contribution in [3.05, 3.63) is 77.1 Å². The molecule has 0 aromatic heterocycles. The van der Waals surface area contributed by atoms with E-state index in [2.05, 4.69) is 5.32 Å². The molecular weight excluding hydrogens is 523 g/mol. The molecule has 2 heterocycles. The summed E-state index contributed by atoms with van der Waals surface area (Å²) in [6.07, 6.45) is 5.35. The van der Waals surface area contributed by atoms with Gasteiger partial charge in [-0.1, -0.05) is 30.3 Å². The molecule has 2 fully saturated rings. The molecule has 1 atom stereocenters. The van der Waals surface area contributed by atoms with Crippen molar-refractivity contribution < 1.29 is 32.7 Å². The molecule has 40 heavy (non-hydrogen) atoms. The first-order valence-electron chi connectivity index (χ1n) is 13.6. The third-order valence-corrected chi connectivity index (χ3v) is 7.82. The predicted octanol–water partition coefficient (Wildman–Crippen LogP) is 4.23. The van der Waals surface area contributed by atoms with Crippen LogP contribution < -0.4 is 5.32 Å². The molecule has 0 radical (unpaired) electrons. The van der Waals surface area contributed by atoms with Crippen LogP contribution in [0.4, 0.5) is 13.2 Å². The molecule has 10 heteroatoms. The number of benzene rings is 2. The number of rotatable bonds is 9. The van der Waals surface area contributed by atoms with Crippen LogP contribution >= 0.6 is 0 Å². The zero-order valence-electron chi connectivity index (χ0n) is 22.2. The van der Waals surface area contributed by atoms with Crippen molar-refractivity contribution >= 4 is 23.9 Å². The van der Waals surface area contributed by atoms with Gasteiger partial charge in [-0.3, -0.25) is 19.3 Å². The van der Waals surface area contributed by atoms with Gasteiger partial charge in [0.25, 0.3) is 0 Å². The maximum atomic E-state index is 13.4. The van der Waals surface area contributed by atoms with Crippen LogP contribution in [0.25, 0.3) is 6.08 Å². The average molecular weight is 558 g/mol. The lowest BCUT2D eigenvalue weighted by atomic mass is 9.85. The second-order valence-corrected chi connectivity index (χ2v) is 10.5. The topological polar surface area (TPSA) is 90.0 Å². The third kappa shape index (κ3) is 7.71. The van der Waals surface area contributed by atoms with Crippen LogP contribution in [-0.4, -0.2) is 64.9 Å². The summed E-state index contributed by atoms with van der Waals surface area (Å²) in [6.45, 7) is 2.41. The van der Waals surface area contributed by atoms with Crippen LogP contribution in [0.1, 0.15) is 43.2 Å². The van der Waals surface area contributed by atoms with Crippen LogP contribution in [-0.2, 0) is 20.9 Å². The normalized spacial score (nSPS) is 18.1. The molecule has 1 unspecified atom stereocenters. The molecule has 0 aliphatic carbocycles. The fourth-order valence-electron chi connectivity index (χ4n) is 5.60. The second kappa shape index (κ2) is 13.6. The largest absolute Gasteiger partial charge is 0.480 e. The Morgan fingerprint density at radius 3 is 2.17 bits per heavy atom. The van der Waals surface area contributed by atoms with Crippen LogP contribution in [0.2, 0.25) is 0 Å². The quantitative estimate of drug-likeness (QED) is 0.356. The average Bonchev–Trinajstić information content (AvgIpc) is 2.95. The lowest BCUT2D eigenvalue weighted by Crippen LogP contribution is -2.52. The highest BCUT2D eigenvalue weighted by Gasteiger charge is 2.38. The number of carbonyl (C=O) groups excluding carboxylic acids is 2. The number of halogens is 3. The molecule has 0 spiro atoms. The summed E-state index contributed by atoms with van der Waals surface area (Å²) in [5.74, 6) is -5.39. The summed E-state index contributed by atoms with van der Waals surface area (Å²) in [5, 5.41) is 13.0. The number of amides is 2. The zero-order valence-corrected chi connectivity index (χ0v) is 22.2. The Bertz CT molecular complexity index is 1200. The van der Waals surface area contributed by atoms with Crippen molar-refractivity contribution in [1.29, 1.82) is 0 Å². The number of carboxylic acids is 1. The summed E-state index contributed by atoms with van der Waals surface area (Å²) in [4.78, 5) is 40.8. The Hall–Kier alpha value is -3.66. The van der Waals surface area contributed by atoms with Gasteiger partial charge in [-0.15, -0.1) is 0 Å². The molecule has 2 amide bonds. The summed E-state index contributed by atoms with van der Waals surface area (Å²) in [6, 6.07) is 10.7. The minimum absolute atomic E-state index is 0.00197. The van der Waals surface area contributed by atoms with Gasteiger partial charge in [-0.25, -0.2) is 13.2 Å². The van der Waals surface area contributed by atoms with E-state index < -0.39 is 29.5 Å². The summed E-state index contributed by atoms with van der Waals surface area (Å²) >= 11 is 0. The van der Waals surface area contributed by atoms with E-state index in [0.717, 1.165) is 30.5 Å². The van der Waals surface area contributed by atoms with Gasteiger partial charge in [-0.2, -0.15) is 0 Å². The second-order valence-electron chi connectivity index (χ2n) is 10.5. The van der Waals surface area contributed by atoms with Crippen LogP contribution in [0.3, 0.4) is 0 Å². The molecule has 4 rings (SSSR count). The molecule has 0 saturated carbocycles. The highest BCUT2D eigenvalue weighted by Crippen LogP contribution is 2.29. The van der Waals surface area contributed by atoms with Gasteiger partial charge >= 0.3 is 5.97 Å². The van der Waals surface area contributed by atoms with E-state index in [1.54, 1.807) is 4.90 Å². The molecule has 2 aromatic rings. The van der Waals surface area contributed by atoms with Gasteiger partial charge < -0.3 is 15.3 Å². The minimum Gasteiger partial charge on any atom is -0.480 e. The molecule has 2 N–H and O–H groups in total. The highest BCUT2D eigenvalue weighted by molar-refractivity contribution is 5.91. The van der Waals surface area contributed by atoms with Gasteiger partial charge in [-0.05, 0) is 79.9 Å². The maximum absolute atomic E-state index is 13.4. The number of hydrogen-bond acceptors (Lipinski definition) is 4. The molecule has 7 nitrogen and oxygen atoms in total. The Morgan fingerprint density at radius 2 is 1.57 bits per heavy atom. The van der Waals surface area contributed by atoms with E-state index in [-0.39, 0.29) is 29.2 Å². The molecule has 2 aromatic carbocycles. The number of carboxylic acid groups (broad SMARTS) is 1. The van der Waals surface area contributed by atoms with Crippen molar-refractivity contribution in [2.75, 3.05) is 26.2 Å². The molecule has 0 bridgehead atoms. The molecule has 2 aliphatic rings. The fraction of sp³-hybridized carbons (Fsp3) is 0.433. The van der Waals surface area contributed by atoms with E-state index in [1.807, 2.05) is 35.2 Å². The highest BCUT2D eigenvalue weighted by atomic mass is 19.2. The first-order chi connectivity index (χ1) is 19.2.